The van der Waals surface area contributed by atoms with Crippen LogP contribution >= 0.6 is 0 Å². The number of aliphatic carboxylic acids is 1. The zero-order valence-corrected chi connectivity index (χ0v) is 14.0. The van der Waals surface area contributed by atoms with E-state index in [2.05, 4.69) is 10.6 Å². The number of ether oxygens (including phenoxy) is 2. The lowest BCUT2D eigenvalue weighted by Gasteiger charge is -2.26. The lowest BCUT2D eigenvalue weighted by Crippen LogP contribution is -2.45. The highest BCUT2D eigenvalue weighted by Gasteiger charge is 2.22. The Labute approximate surface area is 140 Å². The first-order chi connectivity index (χ1) is 11.2. The predicted octanol–water partition coefficient (Wildman–Crippen LogP) is 2.62. The molecule has 0 saturated heterocycles. The second-order valence-electron chi connectivity index (χ2n) is 5.84. The third kappa shape index (κ3) is 7.28. The fraction of sp³-hybridized carbons (Fsp3) is 0.500. The summed E-state index contributed by atoms with van der Waals surface area (Å²) in [4.78, 5) is 22.7. The smallest absolute Gasteiger partial charge is 0.319 e. The van der Waals surface area contributed by atoms with Crippen LogP contribution < -0.4 is 15.4 Å². The number of hydrogen-bond donors (Lipinski definition) is 3. The van der Waals surface area contributed by atoms with Gasteiger partial charge in [-0.3, -0.25) is 4.79 Å². The first-order valence-electron chi connectivity index (χ1n) is 7.46. The normalized spacial score (nSPS) is 11.0. The number of halogens is 1. The summed E-state index contributed by atoms with van der Waals surface area (Å²) in [5.74, 6) is -1.15. The van der Waals surface area contributed by atoms with E-state index in [1.807, 2.05) is 0 Å². The predicted molar refractivity (Wildman–Crippen MR) is 86.9 cm³/mol. The summed E-state index contributed by atoms with van der Waals surface area (Å²) in [6.45, 7) is 4.02. The van der Waals surface area contributed by atoms with Gasteiger partial charge in [-0.25, -0.2) is 9.18 Å². The second-order valence-corrected chi connectivity index (χ2v) is 5.84. The summed E-state index contributed by atoms with van der Waals surface area (Å²) in [7, 11) is 1.53. The zero-order chi connectivity index (χ0) is 18.2. The molecule has 134 valence electrons. The van der Waals surface area contributed by atoms with E-state index in [0.29, 0.717) is 12.4 Å². The van der Waals surface area contributed by atoms with E-state index in [9.17, 15) is 14.0 Å². The van der Waals surface area contributed by atoms with Crippen LogP contribution in [0.4, 0.5) is 14.9 Å². The molecule has 0 aliphatic heterocycles. The number of carboxylic acids is 1. The minimum atomic E-state index is -0.941. The van der Waals surface area contributed by atoms with Crippen LogP contribution in [0.1, 0.15) is 26.7 Å². The summed E-state index contributed by atoms with van der Waals surface area (Å²) >= 11 is 0. The average Bonchev–Trinajstić information content (AvgIpc) is 2.47. The van der Waals surface area contributed by atoms with Crippen molar-refractivity contribution in [3.63, 3.8) is 0 Å². The van der Waals surface area contributed by atoms with E-state index in [1.54, 1.807) is 13.8 Å². The number of urea groups is 1. The van der Waals surface area contributed by atoms with Gasteiger partial charge in [0, 0.05) is 25.1 Å². The van der Waals surface area contributed by atoms with E-state index in [-0.39, 0.29) is 25.1 Å². The van der Waals surface area contributed by atoms with Crippen molar-refractivity contribution in [1.29, 1.82) is 0 Å². The van der Waals surface area contributed by atoms with Crippen LogP contribution in [0.25, 0.3) is 0 Å². The van der Waals surface area contributed by atoms with Crippen molar-refractivity contribution in [3.05, 3.63) is 24.0 Å². The number of anilines is 1. The molecule has 0 aliphatic carbocycles. The van der Waals surface area contributed by atoms with Crippen LogP contribution in [0.2, 0.25) is 0 Å². The monoisotopic (exact) mass is 342 g/mol. The first kappa shape index (κ1) is 19.7. The van der Waals surface area contributed by atoms with Crippen molar-refractivity contribution >= 4 is 17.7 Å². The third-order valence-corrected chi connectivity index (χ3v) is 3.15. The Kier molecular flexibility index (Phi) is 7.44. The molecule has 0 atom stereocenters. The van der Waals surface area contributed by atoms with Gasteiger partial charge in [-0.2, -0.15) is 0 Å². The summed E-state index contributed by atoms with van der Waals surface area (Å²) in [6, 6.07) is 3.21. The third-order valence-electron chi connectivity index (χ3n) is 3.15. The van der Waals surface area contributed by atoms with Crippen molar-refractivity contribution < 1.29 is 28.6 Å². The largest absolute Gasteiger partial charge is 0.489 e. The van der Waals surface area contributed by atoms with Gasteiger partial charge >= 0.3 is 12.0 Å². The highest BCUT2D eigenvalue weighted by Crippen LogP contribution is 2.25. The van der Waals surface area contributed by atoms with Gasteiger partial charge < -0.3 is 25.2 Å². The van der Waals surface area contributed by atoms with Crippen LogP contribution in [0, 0.1) is 5.82 Å². The van der Waals surface area contributed by atoms with Crippen LogP contribution in [0.15, 0.2) is 18.2 Å². The van der Waals surface area contributed by atoms with E-state index in [1.165, 1.54) is 19.2 Å². The minimum absolute atomic E-state index is 0.0708. The lowest BCUT2D eigenvalue weighted by atomic mass is 9.99. The Morgan fingerprint density at radius 1 is 1.29 bits per heavy atom. The van der Waals surface area contributed by atoms with Crippen molar-refractivity contribution in [3.8, 4) is 5.75 Å². The summed E-state index contributed by atoms with van der Waals surface area (Å²) in [5.41, 5.74) is -0.551. The summed E-state index contributed by atoms with van der Waals surface area (Å²) < 4.78 is 23.7. The average molecular weight is 342 g/mol. The highest BCUT2D eigenvalue weighted by molar-refractivity contribution is 5.91. The second kappa shape index (κ2) is 9.07. The molecule has 0 spiro atoms. The van der Waals surface area contributed by atoms with Gasteiger partial charge in [0.05, 0.1) is 12.3 Å². The topological polar surface area (TPSA) is 96.9 Å². The van der Waals surface area contributed by atoms with Crippen LogP contribution in [-0.4, -0.2) is 43.0 Å². The maximum absolute atomic E-state index is 13.4. The van der Waals surface area contributed by atoms with Gasteiger partial charge in [-0.05, 0) is 32.4 Å². The number of hydrogen-bond acceptors (Lipinski definition) is 4. The van der Waals surface area contributed by atoms with Crippen LogP contribution in [-0.2, 0) is 9.53 Å². The molecule has 3 N–H and O–H groups in total. The molecule has 0 aromatic heterocycles. The molecule has 1 aromatic rings. The molecule has 24 heavy (non-hydrogen) atoms. The Hall–Kier alpha value is -2.35. The van der Waals surface area contributed by atoms with E-state index >= 15 is 0 Å². The van der Waals surface area contributed by atoms with Crippen LogP contribution in [0.5, 0.6) is 5.75 Å². The SMILES string of the molecule is COCCOc1ccc(F)cc1NC(=O)NC(C)(C)CCC(=O)O. The molecule has 0 saturated carbocycles. The molecule has 1 aromatic carbocycles. The number of carbonyl (C=O) groups excluding carboxylic acids is 1. The molecule has 7 nitrogen and oxygen atoms in total. The van der Waals surface area contributed by atoms with Crippen molar-refractivity contribution in [2.45, 2.75) is 32.2 Å². The fourth-order valence-corrected chi connectivity index (χ4v) is 1.90. The number of carboxylic acid groups (broad SMARTS) is 1. The Bertz CT molecular complexity index is 578. The standard InChI is InChI=1S/C16H23FN2O5/c1-16(2,7-6-14(20)21)19-15(22)18-12-10-11(17)4-5-13(12)24-9-8-23-3/h4-5,10H,6-9H2,1-3H3,(H,20,21)(H2,18,19,22). The number of benzene rings is 1. The van der Waals surface area contributed by atoms with Crippen molar-refractivity contribution in [2.75, 3.05) is 25.6 Å². The Balaban J connectivity index is 2.71. The summed E-state index contributed by atoms with van der Waals surface area (Å²) in [6.07, 6.45) is 0.189. The maximum Gasteiger partial charge on any atom is 0.319 e. The van der Waals surface area contributed by atoms with Gasteiger partial charge in [0.25, 0.3) is 0 Å². The number of amides is 2. The van der Waals surface area contributed by atoms with Crippen molar-refractivity contribution in [1.82, 2.24) is 5.32 Å². The highest BCUT2D eigenvalue weighted by atomic mass is 19.1. The zero-order valence-electron chi connectivity index (χ0n) is 14.0. The molecule has 0 fully saturated rings. The molecule has 2 amide bonds. The first-order valence-corrected chi connectivity index (χ1v) is 7.46. The Morgan fingerprint density at radius 3 is 2.62 bits per heavy atom. The molecule has 0 bridgehead atoms. The number of nitrogens with one attached hydrogen (secondary N) is 2. The number of rotatable bonds is 9. The van der Waals surface area contributed by atoms with Crippen LogP contribution in [0.3, 0.4) is 0 Å². The van der Waals surface area contributed by atoms with E-state index in [4.69, 9.17) is 14.6 Å². The molecule has 8 heteroatoms. The fourth-order valence-electron chi connectivity index (χ4n) is 1.90. The van der Waals surface area contributed by atoms with E-state index < -0.39 is 23.4 Å². The molecule has 0 radical (unpaired) electrons. The van der Waals surface area contributed by atoms with Gasteiger partial charge in [0.2, 0.25) is 0 Å². The minimum Gasteiger partial charge on any atom is -0.489 e. The quantitative estimate of drug-likeness (QED) is 0.600. The van der Waals surface area contributed by atoms with E-state index in [0.717, 1.165) is 6.07 Å². The maximum atomic E-state index is 13.4. The molecule has 0 heterocycles. The number of carbonyl (C=O) groups is 2. The molecule has 0 unspecified atom stereocenters. The Morgan fingerprint density at radius 2 is 2.00 bits per heavy atom. The van der Waals surface area contributed by atoms with Crippen molar-refractivity contribution in [2.24, 2.45) is 0 Å². The lowest BCUT2D eigenvalue weighted by molar-refractivity contribution is -0.137. The van der Waals surface area contributed by atoms with Gasteiger partial charge in [0.15, 0.2) is 0 Å². The van der Waals surface area contributed by atoms with Gasteiger partial charge in [0.1, 0.15) is 18.2 Å². The molecule has 1 rings (SSSR count). The van der Waals surface area contributed by atoms with Gasteiger partial charge in [-0.15, -0.1) is 0 Å². The molecular formula is C16H23FN2O5. The van der Waals surface area contributed by atoms with Gasteiger partial charge in [-0.1, -0.05) is 0 Å². The molecule has 0 aliphatic rings. The number of methoxy groups -OCH3 is 1. The summed E-state index contributed by atoms with van der Waals surface area (Å²) in [5, 5.41) is 13.9. The molecular weight excluding hydrogens is 319 g/mol.